The molecular formula is C24H27F2N5O2S. The first-order valence-electron chi connectivity index (χ1n) is 11.6. The molecule has 1 amide bonds. The largest absolute Gasteiger partial charge is 0.379 e. The van der Waals surface area contributed by atoms with Crippen molar-refractivity contribution in [1.29, 1.82) is 0 Å². The number of thiophene rings is 1. The van der Waals surface area contributed by atoms with Gasteiger partial charge in [0.25, 0.3) is 0 Å². The monoisotopic (exact) mass is 487 g/mol. The van der Waals surface area contributed by atoms with Gasteiger partial charge in [0, 0.05) is 29.7 Å². The van der Waals surface area contributed by atoms with Crippen LogP contribution in [0, 0.1) is 17.6 Å². The molecule has 0 unspecified atom stereocenters. The lowest BCUT2D eigenvalue weighted by Gasteiger charge is -2.26. The van der Waals surface area contributed by atoms with E-state index < -0.39 is 11.6 Å². The van der Waals surface area contributed by atoms with Crippen molar-refractivity contribution in [2.24, 2.45) is 5.92 Å². The van der Waals surface area contributed by atoms with E-state index in [0.29, 0.717) is 37.3 Å². The van der Waals surface area contributed by atoms with Crippen LogP contribution < -0.4 is 10.6 Å². The van der Waals surface area contributed by atoms with Crippen molar-refractivity contribution < 1.29 is 18.3 Å². The molecule has 34 heavy (non-hydrogen) atoms. The zero-order valence-corrected chi connectivity index (χ0v) is 19.8. The molecule has 2 N–H and O–H groups in total. The third-order valence-electron chi connectivity index (χ3n) is 6.29. The van der Waals surface area contributed by atoms with Gasteiger partial charge in [-0.1, -0.05) is 6.92 Å². The molecule has 1 fully saturated rings. The van der Waals surface area contributed by atoms with Crippen molar-refractivity contribution in [2.75, 3.05) is 43.5 Å². The van der Waals surface area contributed by atoms with Crippen molar-refractivity contribution in [2.45, 2.75) is 32.7 Å². The van der Waals surface area contributed by atoms with Crippen LogP contribution in [0.5, 0.6) is 0 Å². The number of carbonyl (C=O) groups is 1. The van der Waals surface area contributed by atoms with Crippen LogP contribution in [0.1, 0.15) is 29.6 Å². The normalized spacial score (nSPS) is 18.6. The molecule has 0 bridgehead atoms. The van der Waals surface area contributed by atoms with Crippen LogP contribution in [0.4, 0.5) is 20.3 Å². The summed E-state index contributed by atoms with van der Waals surface area (Å²) in [6.45, 7) is 5.89. The fraction of sp³-hybridized carbons (Fsp3) is 0.458. The number of hydrogen-bond donors (Lipinski definition) is 2. The number of carbonyl (C=O) groups excluding carboxylic acids is 1. The standard InChI is InChI=1S/C24H27F2N5O2S/c1-14-2-4-16-19(10-14)34-24-22(16)23(29-20(30-24)13-31-6-8-33-9-7-31)27-12-21(32)28-15-3-5-17(25)18(26)11-15/h3,5,11,14H,2,4,6-10,12-13H2,1H3,(H,28,32)(H,27,29,30)/t14-/m0/s1. The molecule has 0 radical (unpaired) electrons. The summed E-state index contributed by atoms with van der Waals surface area (Å²) in [5, 5.41) is 6.79. The number of halogens is 2. The maximum atomic E-state index is 13.5. The van der Waals surface area contributed by atoms with Gasteiger partial charge >= 0.3 is 0 Å². The molecule has 2 aromatic heterocycles. The second kappa shape index (κ2) is 9.89. The molecule has 1 saturated heterocycles. The average molecular weight is 488 g/mol. The minimum atomic E-state index is -1.00. The fourth-order valence-corrected chi connectivity index (χ4v) is 5.89. The highest BCUT2D eigenvalue weighted by Gasteiger charge is 2.25. The highest BCUT2D eigenvalue weighted by atomic mass is 32.1. The lowest BCUT2D eigenvalue weighted by molar-refractivity contribution is -0.114. The number of amides is 1. The molecule has 7 nitrogen and oxygen atoms in total. The maximum absolute atomic E-state index is 13.5. The number of rotatable bonds is 6. The molecule has 3 heterocycles. The molecule has 1 aliphatic carbocycles. The van der Waals surface area contributed by atoms with Crippen molar-refractivity contribution in [3.05, 3.63) is 46.1 Å². The summed E-state index contributed by atoms with van der Waals surface area (Å²) in [5.41, 5.74) is 1.48. The van der Waals surface area contributed by atoms with Gasteiger partial charge in [-0.25, -0.2) is 18.7 Å². The number of aryl methyl sites for hydroxylation is 1. The van der Waals surface area contributed by atoms with Crippen LogP contribution in [0.15, 0.2) is 18.2 Å². The Morgan fingerprint density at radius 1 is 1.24 bits per heavy atom. The number of anilines is 2. The maximum Gasteiger partial charge on any atom is 0.243 e. The van der Waals surface area contributed by atoms with Gasteiger partial charge in [0.15, 0.2) is 11.6 Å². The van der Waals surface area contributed by atoms with Gasteiger partial charge in [0.1, 0.15) is 16.5 Å². The molecule has 0 spiro atoms. The van der Waals surface area contributed by atoms with Gasteiger partial charge in [-0.2, -0.15) is 0 Å². The van der Waals surface area contributed by atoms with Crippen molar-refractivity contribution >= 4 is 39.0 Å². The van der Waals surface area contributed by atoms with E-state index in [4.69, 9.17) is 14.7 Å². The SMILES string of the molecule is C[C@H]1CCc2c(sc3nc(CN4CCOCC4)nc(NCC(=O)Nc4ccc(F)c(F)c4)c23)C1. The first-order valence-corrected chi connectivity index (χ1v) is 12.4. The van der Waals surface area contributed by atoms with Crippen LogP contribution in [0.25, 0.3) is 10.2 Å². The quantitative estimate of drug-likeness (QED) is 0.548. The predicted molar refractivity (Wildman–Crippen MR) is 128 cm³/mol. The van der Waals surface area contributed by atoms with Gasteiger partial charge < -0.3 is 15.4 Å². The number of nitrogens with zero attached hydrogens (tertiary/aromatic N) is 3. The van der Waals surface area contributed by atoms with E-state index in [9.17, 15) is 13.6 Å². The van der Waals surface area contributed by atoms with Crippen LogP contribution in [0.2, 0.25) is 0 Å². The third-order valence-corrected chi connectivity index (χ3v) is 7.44. The van der Waals surface area contributed by atoms with Gasteiger partial charge in [0.2, 0.25) is 5.91 Å². The van der Waals surface area contributed by atoms with Crippen LogP contribution in [-0.2, 0) is 28.9 Å². The molecule has 5 rings (SSSR count). The molecule has 1 aromatic carbocycles. The summed E-state index contributed by atoms with van der Waals surface area (Å²) in [5.74, 6) is -0.325. The van der Waals surface area contributed by atoms with E-state index in [0.717, 1.165) is 54.7 Å². The minimum Gasteiger partial charge on any atom is -0.379 e. The second-order valence-corrected chi connectivity index (χ2v) is 10.0. The van der Waals surface area contributed by atoms with E-state index in [1.165, 1.54) is 16.5 Å². The lowest BCUT2D eigenvalue weighted by atomic mass is 9.89. The number of nitrogens with one attached hydrogen (secondary N) is 2. The average Bonchev–Trinajstić information content (AvgIpc) is 3.18. The number of ether oxygens (including phenoxy) is 1. The predicted octanol–water partition coefficient (Wildman–Crippen LogP) is 3.98. The first kappa shape index (κ1) is 23.1. The van der Waals surface area contributed by atoms with Crippen molar-refractivity contribution in [1.82, 2.24) is 14.9 Å². The number of aromatic nitrogens is 2. The highest BCUT2D eigenvalue weighted by Crippen LogP contribution is 2.40. The number of benzene rings is 1. The van der Waals surface area contributed by atoms with Crippen LogP contribution >= 0.6 is 11.3 Å². The third kappa shape index (κ3) is 5.03. The molecule has 2 aliphatic rings. The number of hydrogen-bond acceptors (Lipinski definition) is 7. The Labute approximate surface area is 200 Å². The van der Waals surface area contributed by atoms with E-state index in [1.807, 2.05) is 0 Å². The van der Waals surface area contributed by atoms with Crippen molar-refractivity contribution in [3.8, 4) is 0 Å². The van der Waals surface area contributed by atoms with E-state index in [1.54, 1.807) is 11.3 Å². The van der Waals surface area contributed by atoms with Crippen LogP contribution in [-0.4, -0.2) is 53.6 Å². The summed E-state index contributed by atoms with van der Waals surface area (Å²) in [6.07, 6.45) is 3.12. The Kier molecular flexibility index (Phi) is 6.71. The lowest BCUT2D eigenvalue weighted by Crippen LogP contribution is -2.36. The zero-order valence-electron chi connectivity index (χ0n) is 19.0. The molecule has 10 heteroatoms. The summed E-state index contributed by atoms with van der Waals surface area (Å²) >= 11 is 1.72. The highest BCUT2D eigenvalue weighted by molar-refractivity contribution is 7.19. The first-order chi connectivity index (χ1) is 16.5. The van der Waals surface area contributed by atoms with Crippen molar-refractivity contribution in [3.63, 3.8) is 0 Å². The van der Waals surface area contributed by atoms with Crippen LogP contribution in [0.3, 0.4) is 0 Å². The summed E-state index contributed by atoms with van der Waals surface area (Å²) in [4.78, 5) is 26.8. The molecule has 0 saturated carbocycles. The molecule has 3 aromatic rings. The Hall–Kier alpha value is -2.69. The van der Waals surface area contributed by atoms with E-state index in [2.05, 4.69) is 22.5 Å². The Bertz CT molecular complexity index is 1210. The second-order valence-electron chi connectivity index (χ2n) is 8.94. The minimum absolute atomic E-state index is 0.0525. The van der Waals surface area contributed by atoms with Gasteiger partial charge in [-0.3, -0.25) is 9.69 Å². The van der Waals surface area contributed by atoms with Gasteiger partial charge in [-0.15, -0.1) is 11.3 Å². The van der Waals surface area contributed by atoms with Gasteiger partial charge in [0.05, 0.1) is 31.7 Å². The number of fused-ring (bicyclic) bond motifs is 3. The Balaban J connectivity index is 1.39. The van der Waals surface area contributed by atoms with E-state index in [-0.39, 0.29) is 18.1 Å². The summed E-state index contributed by atoms with van der Waals surface area (Å²) in [6, 6.07) is 3.28. The molecule has 1 aliphatic heterocycles. The smallest absolute Gasteiger partial charge is 0.243 e. The Morgan fingerprint density at radius 3 is 2.85 bits per heavy atom. The summed E-state index contributed by atoms with van der Waals surface area (Å²) in [7, 11) is 0. The van der Waals surface area contributed by atoms with E-state index >= 15 is 0 Å². The van der Waals surface area contributed by atoms with Gasteiger partial charge in [-0.05, 0) is 42.9 Å². The Morgan fingerprint density at radius 2 is 2.06 bits per heavy atom. The topological polar surface area (TPSA) is 79.4 Å². The number of morpholine rings is 1. The zero-order chi connectivity index (χ0) is 23.7. The summed E-state index contributed by atoms with van der Waals surface area (Å²) < 4.78 is 32.1. The molecule has 180 valence electrons. The fourth-order valence-electron chi connectivity index (χ4n) is 4.49. The molecule has 1 atom stereocenters. The molecular weight excluding hydrogens is 460 g/mol.